The Labute approximate surface area is 104 Å². The van der Waals surface area contributed by atoms with Crippen molar-refractivity contribution in [3.05, 3.63) is 58.7 Å². The Morgan fingerprint density at radius 3 is 2.28 bits per heavy atom. The second-order valence-electron chi connectivity index (χ2n) is 4.27. The van der Waals surface area contributed by atoms with E-state index in [2.05, 4.69) is 0 Å². The van der Waals surface area contributed by atoms with Crippen LogP contribution in [0, 0.1) is 25.5 Å². The summed E-state index contributed by atoms with van der Waals surface area (Å²) < 4.78 is 26.1. The molecule has 92 valence electrons. The van der Waals surface area contributed by atoms with Gasteiger partial charge in [0.2, 0.25) is 0 Å². The van der Waals surface area contributed by atoms with Crippen molar-refractivity contribution in [3.8, 4) is 11.1 Å². The van der Waals surface area contributed by atoms with Crippen molar-refractivity contribution in [2.24, 2.45) is 0 Å². The quantitative estimate of drug-likeness (QED) is 0.730. The highest BCUT2D eigenvalue weighted by molar-refractivity contribution is 5.81. The van der Waals surface area contributed by atoms with Crippen LogP contribution in [0.1, 0.15) is 21.5 Å². The highest BCUT2D eigenvalue weighted by atomic mass is 19.2. The first kappa shape index (κ1) is 12.4. The third-order valence-electron chi connectivity index (χ3n) is 2.97. The predicted molar refractivity (Wildman–Crippen MR) is 66.7 cm³/mol. The molecule has 2 aromatic rings. The highest BCUT2D eigenvalue weighted by Gasteiger charge is 2.09. The zero-order chi connectivity index (χ0) is 13.3. The lowest BCUT2D eigenvalue weighted by Gasteiger charge is -2.09. The minimum absolute atomic E-state index is 0.604. The molecular weight excluding hydrogens is 234 g/mol. The molecule has 0 heterocycles. The molecule has 0 bridgehead atoms. The predicted octanol–water partition coefficient (Wildman–Crippen LogP) is 4.06. The number of carbonyl (C=O) groups excluding carboxylic acids is 1. The van der Waals surface area contributed by atoms with E-state index in [9.17, 15) is 13.6 Å². The van der Waals surface area contributed by atoms with Crippen LogP contribution in [0.2, 0.25) is 0 Å². The highest BCUT2D eigenvalue weighted by Crippen LogP contribution is 2.27. The monoisotopic (exact) mass is 246 g/mol. The molecule has 18 heavy (non-hydrogen) atoms. The first-order valence-electron chi connectivity index (χ1n) is 5.55. The van der Waals surface area contributed by atoms with Crippen LogP contribution < -0.4 is 0 Å². The van der Waals surface area contributed by atoms with Gasteiger partial charge in [0.15, 0.2) is 11.6 Å². The van der Waals surface area contributed by atoms with Crippen LogP contribution in [0.5, 0.6) is 0 Å². The zero-order valence-electron chi connectivity index (χ0n) is 10.1. The van der Waals surface area contributed by atoms with E-state index in [0.717, 1.165) is 35.1 Å². The molecule has 0 unspecified atom stereocenters. The van der Waals surface area contributed by atoms with Gasteiger partial charge in [-0.1, -0.05) is 12.1 Å². The molecule has 0 radical (unpaired) electrons. The van der Waals surface area contributed by atoms with Crippen molar-refractivity contribution in [1.82, 2.24) is 0 Å². The van der Waals surface area contributed by atoms with Crippen molar-refractivity contribution < 1.29 is 13.6 Å². The molecule has 1 nitrogen and oxygen atoms in total. The number of hydrogen-bond acceptors (Lipinski definition) is 1. The average Bonchev–Trinajstić information content (AvgIpc) is 2.35. The molecule has 0 aliphatic rings. The minimum Gasteiger partial charge on any atom is -0.298 e. The number of carbonyl (C=O) groups is 1. The average molecular weight is 246 g/mol. The maximum absolute atomic E-state index is 13.2. The molecule has 0 fully saturated rings. The molecular formula is C15H12F2O. The van der Waals surface area contributed by atoms with Gasteiger partial charge in [-0.25, -0.2) is 8.78 Å². The lowest BCUT2D eigenvalue weighted by Crippen LogP contribution is -1.93. The first-order valence-corrected chi connectivity index (χ1v) is 5.55. The van der Waals surface area contributed by atoms with Crippen molar-refractivity contribution in [3.63, 3.8) is 0 Å². The number of rotatable bonds is 2. The van der Waals surface area contributed by atoms with E-state index in [-0.39, 0.29) is 0 Å². The normalized spacial score (nSPS) is 10.4. The van der Waals surface area contributed by atoms with Gasteiger partial charge in [-0.05, 0) is 54.3 Å². The van der Waals surface area contributed by atoms with Crippen LogP contribution in [0.3, 0.4) is 0 Å². The Bertz CT molecular complexity index is 618. The van der Waals surface area contributed by atoms with E-state index in [0.29, 0.717) is 11.1 Å². The van der Waals surface area contributed by atoms with E-state index >= 15 is 0 Å². The topological polar surface area (TPSA) is 17.1 Å². The van der Waals surface area contributed by atoms with Crippen molar-refractivity contribution in [2.75, 3.05) is 0 Å². The second-order valence-corrected chi connectivity index (χ2v) is 4.27. The smallest absolute Gasteiger partial charge is 0.159 e. The standard InChI is InChI=1S/C15H12F2O/c1-9-6-13(10(2)5-12(9)8-18)11-3-4-14(16)15(17)7-11/h3-8H,1-2H3. The van der Waals surface area contributed by atoms with E-state index in [4.69, 9.17) is 0 Å². The molecule has 2 aromatic carbocycles. The third kappa shape index (κ3) is 2.16. The SMILES string of the molecule is Cc1cc(-c2ccc(F)c(F)c2)c(C)cc1C=O. The molecule has 2 rings (SSSR count). The lowest BCUT2D eigenvalue weighted by molar-refractivity contribution is 0.112. The van der Waals surface area contributed by atoms with E-state index in [1.807, 2.05) is 19.9 Å². The van der Waals surface area contributed by atoms with Crippen LogP contribution in [-0.2, 0) is 0 Å². The van der Waals surface area contributed by atoms with Gasteiger partial charge in [-0.2, -0.15) is 0 Å². The molecule has 0 aliphatic heterocycles. The van der Waals surface area contributed by atoms with Crippen LogP contribution in [0.15, 0.2) is 30.3 Å². The first-order chi connectivity index (χ1) is 8.52. The third-order valence-corrected chi connectivity index (χ3v) is 2.97. The molecule has 0 N–H and O–H groups in total. The summed E-state index contributed by atoms with van der Waals surface area (Å²) in [5, 5.41) is 0. The summed E-state index contributed by atoms with van der Waals surface area (Å²) in [6.45, 7) is 3.65. The van der Waals surface area contributed by atoms with Crippen LogP contribution in [-0.4, -0.2) is 6.29 Å². The number of hydrogen-bond donors (Lipinski definition) is 0. The number of halogens is 2. The van der Waals surface area contributed by atoms with Crippen LogP contribution in [0.4, 0.5) is 8.78 Å². The van der Waals surface area contributed by atoms with Crippen LogP contribution >= 0.6 is 0 Å². The summed E-state index contributed by atoms with van der Waals surface area (Å²) in [6, 6.07) is 7.36. The van der Waals surface area contributed by atoms with Crippen LogP contribution in [0.25, 0.3) is 11.1 Å². The Hall–Kier alpha value is -2.03. The summed E-state index contributed by atoms with van der Waals surface area (Å²) in [4.78, 5) is 10.8. The second kappa shape index (κ2) is 4.69. The van der Waals surface area contributed by atoms with E-state index in [1.54, 1.807) is 6.07 Å². The Morgan fingerprint density at radius 1 is 0.944 bits per heavy atom. The fourth-order valence-electron chi connectivity index (χ4n) is 1.94. The lowest BCUT2D eigenvalue weighted by atomic mass is 9.95. The Balaban J connectivity index is 2.60. The van der Waals surface area contributed by atoms with Crippen molar-refractivity contribution in [2.45, 2.75) is 13.8 Å². The van der Waals surface area contributed by atoms with Gasteiger partial charge in [0, 0.05) is 5.56 Å². The molecule has 0 atom stereocenters. The van der Waals surface area contributed by atoms with Gasteiger partial charge >= 0.3 is 0 Å². The molecule has 0 aliphatic carbocycles. The maximum Gasteiger partial charge on any atom is 0.159 e. The molecule has 0 amide bonds. The fourth-order valence-corrected chi connectivity index (χ4v) is 1.94. The van der Waals surface area contributed by atoms with Gasteiger partial charge in [0.05, 0.1) is 0 Å². The number of aryl methyl sites for hydroxylation is 2. The molecule has 0 spiro atoms. The van der Waals surface area contributed by atoms with Gasteiger partial charge in [0.25, 0.3) is 0 Å². The van der Waals surface area contributed by atoms with Crippen molar-refractivity contribution >= 4 is 6.29 Å². The van der Waals surface area contributed by atoms with Gasteiger partial charge in [-0.3, -0.25) is 4.79 Å². The van der Waals surface area contributed by atoms with Gasteiger partial charge in [0.1, 0.15) is 6.29 Å². The van der Waals surface area contributed by atoms with Gasteiger partial charge in [-0.15, -0.1) is 0 Å². The number of benzene rings is 2. The Morgan fingerprint density at radius 2 is 1.67 bits per heavy atom. The number of aldehydes is 1. The van der Waals surface area contributed by atoms with Gasteiger partial charge < -0.3 is 0 Å². The summed E-state index contributed by atoms with van der Waals surface area (Å²) in [7, 11) is 0. The largest absolute Gasteiger partial charge is 0.298 e. The molecule has 3 heteroatoms. The molecule has 0 saturated heterocycles. The molecule has 0 saturated carbocycles. The summed E-state index contributed by atoms with van der Waals surface area (Å²) in [5.41, 5.74) is 3.69. The van der Waals surface area contributed by atoms with Crippen molar-refractivity contribution in [1.29, 1.82) is 0 Å². The summed E-state index contributed by atoms with van der Waals surface area (Å²) in [6.07, 6.45) is 0.789. The summed E-state index contributed by atoms with van der Waals surface area (Å²) >= 11 is 0. The fraction of sp³-hybridized carbons (Fsp3) is 0.133. The maximum atomic E-state index is 13.2. The van der Waals surface area contributed by atoms with E-state index in [1.165, 1.54) is 6.07 Å². The minimum atomic E-state index is -0.871. The molecule has 0 aromatic heterocycles. The van der Waals surface area contributed by atoms with E-state index < -0.39 is 11.6 Å². The summed E-state index contributed by atoms with van der Waals surface area (Å²) in [5.74, 6) is -1.73. The zero-order valence-corrected chi connectivity index (χ0v) is 10.1. The Kier molecular flexibility index (Phi) is 3.24.